The Balaban J connectivity index is 2.59. The van der Waals surface area contributed by atoms with Crippen molar-refractivity contribution in [1.82, 2.24) is 4.98 Å². The van der Waals surface area contributed by atoms with Gasteiger partial charge < -0.3 is 4.74 Å². The van der Waals surface area contributed by atoms with Gasteiger partial charge in [-0.15, -0.1) is 0 Å². The summed E-state index contributed by atoms with van der Waals surface area (Å²) in [6.07, 6.45) is 0.0394. The summed E-state index contributed by atoms with van der Waals surface area (Å²) in [5, 5.41) is 0.415. The van der Waals surface area contributed by atoms with Gasteiger partial charge in [0.1, 0.15) is 11.4 Å². The standard InChI is InChI=1S/C11H10BrF2NO2/c1-17-10(16)8-4-6(5-12)7-2-3-11(13,14)9(7)15-8/h4H,2-3,5H2,1H3. The van der Waals surface area contributed by atoms with Crippen molar-refractivity contribution in [1.29, 1.82) is 0 Å². The van der Waals surface area contributed by atoms with Gasteiger partial charge >= 0.3 is 5.97 Å². The number of carbonyl (C=O) groups is 1. The molecule has 0 spiro atoms. The van der Waals surface area contributed by atoms with Gasteiger partial charge in [0.15, 0.2) is 0 Å². The van der Waals surface area contributed by atoms with E-state index in [1.54, 1.807) is 0 Å². The van der Waals surface area contributed by atoms with Gasteiger partial charge in [0.25, 0.3) is 5.92 Å². The van der Waals surface area contributed by atoms with Crippen LogP contribution in [0.25, 0.3) is 0 Å². The van der Waals surface area contributed by atoms with Gasteiger partial charge in [0, 0.05) is 11.8 Å². The van der Waals surface area contributed by atoms with Crippen LogP contribution < -0.4 is 0 Å². The van der Waals surface area contributed by atoms with E-state index in [0.29, 0.717) is 16.5 Å². The number of hydrogen-bond donors (Lipinski definition) is 0. The van der Waals surface area contributed by atoms with Crippen LogP contribution in [0.15, 0.2) is 6.07 Å². The quantitative estimate of drug-likeness (QED) is 0.623. The van der Waals surface area contributed by atoms with E-state index in [-0.39, 0.29) is 24.2 Å². The Morgan fingerprint density at radius 2 is 2.35 bits per heavy atom. The van der Waals surface area contributed by atoms with Crippen LogP contribution in [0.1, 0.15) is 33.7 Å². The molecule has 92 valence electrons. The van der Waals surface area contributed by atoms with Gasteiger partial charge in [-0.2, -0.15) is 8.78 Å². The topological polar surface area (TPSA) is 39.2 Å². The van der Waals surface area contributed by atoms with Gasteiger partial charge in [0.05, 0.1) is 7.11 Å². The molecule has 0 N–H and O–H groups in total. The van der Waals surface area contributed by atoms with Crippen LogP contribution >= 0.6 is 15.9 Å². The van der Waals surface area contributed by atoms with E-state index >= 15 is 0 Å². The molecule has 17 heavy (non-hydrogen) atoms. The van der Waals surface area contributed by atoms with Crippen LogP contribution in [0, 0.1) is 0 Å². The zero-order valence-corrected chi connectivity index (χ0v) is 10.7. The third-order valence-electron chi connectivity index (χ3n) is 2.79. The van der Waals surface area contributed by atoms with Crippen molar-refractivity contribution >= 4 is 21.9 Å². The average molecular weight is 306 g/mol. The number of alkyl halides is 3. The Morgan fingerprint density at radius 3 is 2.94 bits per heavy atom. The smallest absolute Gasteiger partial charge is 0.356 e. The molecule has 6 heteroatoms. The first-order chi connectivity index (χ1) is 7.99. The second-order valence-corrected chi connectivity index (χ2v) is 4.38. The molecule has 0 atom stereocenters. The maximum Gasteiger partial charge on any atom is 0.356 e. The highest BCUT2D eigenvalue weighted by Crippen LogP contribution is 2.42. The predicted molar refractivity (Wildman–Crippen MR) is 60.4 cm³/mol. The van der Waals surface area contributed by atoms with Gasteiger partial charge in [-0.1, -0.05) is 15.9 Å². The molecule has 0 fully saturated rings. The number of rotatable bonds is 2. The second kappa shape index (κ2) is 4.33. The molecular weight excluding hydrogens is 296 g/mol. The highest BCUT2D eigenvalue weighted by Gasteiger charge is 2.42. The first kappa shape index (κ1) is 12.4. The maximum atomic E-state index is 13.6. The predicted octanol–water partition coefficient (Wildman–Crippen LogP) is 2.80. The molecule has 1 aliphatic rings. The molecule has 0 bridgehead atoms. The first-order valence-electron chi connectivity index (χ1n) is 5.05. The molecule has 1 aromatic heterocycles. The van der Waals surface area contributed by atoms with E-state index in [4.69, 9.17) is 0 Å². The molecule has 1 aliphatic carbocycles. The number of esters is 1. The van der Waals surface area contributed by atoms with Crippen LogP contribution in [-0.4, -0.2) is 18.1 Å². The SMILES string of the molecule is COC(=O)c1cc(CBr)c2c(n1)C(F)(F)CC2. The summed E-state index contributed by atoms with van der Waals surface area (Å²) in [4.78, 5) is 15.1. The van der Waals surface area contributed by atoms with Gasteiger partial charge in [0.2, 0.25) is 0 Å². The van der Waals surface area contributed by atoms with E-state index in [0.717, 1.165) is 0 Å². The summed E-state index contributed by atoms with van der Waals surface area (Å²) in [5.41, 5.74) is 0.865. The molecule has 1 heterocycles. The van der Waals surface area contributed by atoms with Crippen LogP contribution in [0.4, 0.5) is 8.78 Å². The molecule has 0 saturated heterocycles. The summed E-state index contributed by atoms with van der Waals surface area (Å²) >= 11 is 3.23. The molecule has 3 nitrogen and oxygen atoms in total. The molecule has 1 aromatic rings. The van der Waals surface area contributed by atoms with Gasteiger partial charge in [-0.25, -0.2) is 9.78 Å². The normalized spacial score (nSPS) is 16.7. The highest BCUT2D eigenvalue weighted by molar-refractivity contribution is 9.08. The lowest BCUT2D eigenvalue weighted by Gasteiger charge is -2.11. The number of halogens is 3. The fourth-order valence-electron chi connectivity index (χ4n) is 1.93. The van der Waals surface area contributed by atoms with Crippen molar-refractivity contribution in [2.45, 2.75) is 24.1 Å². The number of pyridine rings is 1. The first-order valence-corrected chi connectivity index (χ1v) is 6.17. The summed E-state index contributed by atoms with van der Waals surface area (Å²) in [6.45, 7) is 0. The van der Waals surface area contributed by atoms with Crippen LogP contribution in [0.3, 0.4) is 0 Å². The molecule has 0 aliphatic heterocycles. The number of carbonyl (C=O) groups excluding carboxylic acids is 1. The molecule has 0 saturated carbocycles. The number of ether oxygens (including phenoxy) is 1. The fourth-order valence-corrected chi connectivity index (χ4v) is 2.44. The van der Waals surface area contributed by atoms with Crippen molar-refractivity contribution in [2.75, 3.05) is 7.11 Å². The Kier molecular flexibility index (Phi) is 3.16. The van der Waals surface area contributed by atoms with Crippen molar-refractivity contribution in [3.05, 3.63) is 28.6 Å². The minimum atomic E-state index is -2.95. The van der Waals surface area contributed by atoms with Gasteiger partial charge in [-0.3, -0.25) is 0 Å². The lowest BCUT2D eigenvalue weighted by molar-refractivity contribution is -0.00612. The summed E-state index contributed by atoms with van der Waals surface area (Å²) in [7, 11) is 1.20. The van der Waals surface area contributed by atoms with E-state index in [1.807, 2.05) is 0 Å². The lowest BCUT2D eigenvalue weighted by Crippen LogP contribution is -2.14. The Bertz CT molecular complexity index is 477. The van der Waals surface area contributed by atoms with Crippen LogP contribution in [0.2, 0.25) is 0 Å². The molecule has 0 unspecified atom stereocenters. The largest absolute Gasteiger partial charge is 0.464 e. The Morgan fingerprint density at radius 1 is 1.65 bits per heavy atom. The fraction of sp³-hybridized carbons (Fsp3) is 0.455. The summed E-state index contributed by atoms with van der Waals surface area (Å²) in [5.74, 6) is -3.64. The van der Waals surface area contributed by atoms with Crippen molar-refractivity contribution in [2.24, 2.45) is 0 Å². The maximum absolute atomic E-state index is 13.6. The van der Waals surface area contributed by atoms with E-state index in [9.17, 15) is 13.6 Å². The molecular formula is C11H10BrF2NO2. The minimum Gasteiger partial charge on any atom is -0.464 e. The third kappa shape index (κ3) is 2.06. The molecule has 0 aromatic carbocycles. The van der Waals surface area contributed by atoms with E-state index in [1.165, 1.54) is 13.2 Å². The zero-order valence-electron chi connectivity index (χ0n) is 9.10. The third-order valence-corrected chi connectivity index (χ3v) is 3.39. The van der Waals surface area contributed by atoms with Crippen LogP contribution in [0.5, 0.6) is 0 Å². The summed E-state index contributed by atoms with van der Waals surface area (Å²) < 4.78 is 31.6. The van der Waals surface area contributed by atoms with Crippen molar-refractivity contribution in [3.8, 4) is 0 Å². The molecule has 2 rings (SSSR count). The number of fused-ring (bicyclic) bond motifs is 1. The van der Waals surface area contributed by atoms with E-state index < -0.39 is 11.9 Å². The van der Waals surface area contributed by atoms with Crippen molar-refractivity contribution in [3.63, 3.8) is 0 Å². The number of nitrogens with zero attached hydrogens (tertiary/aromatic N) is 1. The highest BCUT2D eigenvalue weighted by atomic mass is 79.9. The minimum absolute atomic E-state index is 0.0673. The Labute approximate surface area is 105 Å². The average Bonchev–Trinajstić information content (AvgIpc) is 2.63. The monoisotopic (exact) mass is 305 g/mol. The second-order valence-electron chi connectivity index (χ2n) is 3.82. The number of aromatic nitrogens is 1. The molecule has 0 amide bonds. The zero-order chi connectivity index (χ0) is 12.6. The lowest BCUT2D eigenvalue weighted by atomic mass is 10.1. The van der Waals surface area contributed by atoms with Crippen LogP contribution in [-0.2, 0) is 22.4 Å². The number of methoxy groups -OCH3 is 1. The van der Waals surface area contributed by atoms with Crippen molar-refractivity contribution < 1.29 is 18.3 Å². The van der Waals surface area contributed by atoms with E-state index in [2.05, 4.69) is 25.7 Å². The number of hydrogen-bond acceptors (Lipinski definition) is 3. The van der Waals surface area contributed by atoms with Gasteiger partial charge in [-0.05, 0) is 23.6 Å². The molecule has 0 radical (unpaired) electrons. The summed E-state index contributed by atoms with van der Waals surface area (Å²) in [6, 6.07) is 1.50. The Hall–Kier alpha value is -1.04.